The molecule has 0 bridgehead atoms. The fourth-order valence-electron chi connectivity index (χ4n) is 6.46. The topological polar surface area (TPSA) is 76.2 Å². The van der Waals surface area contributed by atoms with E-state index in [1.54, 1.807) is 9.80 Å². The van der Waals surface area contributed by atoms with Gasteiger partial charge in [-0.2, -0.15) is 0 Å². The van der Waals surface area contributed by atoms with Gasteiger partial charge in [0.15, 0.2) is 0 Å². The highest BCUT2D eigenvalue weighted by Crippen LogP contribution is 2.50. The molecule has 8 heteroatoms. The predicted molar refractivity (Wildman–Crippen MR) is 151 cm³/mol. The summed E-state index contributed by atoms with van der Waals surface area (Å²) in [7, 11) is 3.67. The van der Waals surface area contributed by atoms with E-state index < -0.39 is 5.54 Å². The summed E-state index contributed by atoms with van der Waals surface area (Å²) >= 11 is 0. The molecule has 1 aliphatic carbocycles. The Morgan fingerprint density at radius 3 is 2.54 bits per heavy atom. The molecule has 7 rings (SSSR count). The van der Waals surface area contributed by atoms with E-state index in [4.69, 9.17) is 0 Å². The van der Waals surface area contributed by atoms with Gasteiger partial charge in [0.25, 0.3) is 11.8 Å². The van der Waals surface area contributed by atoms with Crippen LogP contribution in [-0.2, 0) is 10.3 Å². The quantitative estimate of drug-likeness (QED) is 0.556. The Morgan fingerprint density at radius 2 is 1.79 bits per heavy atom. The van der Waals surface area contributed by atoms with Gasteiger partial charge in [-0.25, -0.2) is 0 Å². The van der Waals surface area contributed by atoms with Crippen molar-refractivity contribution in [2.45, 2.75) is 31.3 Å². The summed E-state index contributed by atoms with van der Waals surface area (Å²) in [5.41, 5.74) is 5.00. The summed E-state index contributed by atoms with van der Waals surface area (Å²) in [5, 5.41) is 5.40. The average Bonchev–Trinajstić information content (AvgIpc) is 3.64. The Morgan fingerprint density at radius 1 is 1.00 bits per heavy atom. The molecule has 0 aromatic heterocycles. The van der Waals surface area contributed by atoms with Gasteiger partial charge in [-0.15, -0.1) is 0 Å². The zero-order valence-electron chi connectivity index (χ0n) is 22.7. The van der Waals surface area contributed by atoms with Gasteiger partial charge in [0.1, 0.15) is 0 Å². The van der Waals surface area contributed by atoms with Crippen LogP contribution in [0.3, 0.4) is 0 Å². The number of nitrogens with zero attached hydrogens (tertiary/aromatic N) is 4. The lowest BCUT2D eigenvalue weighted by molar-refractivity contribution is -0.135. The number of hydrogen-bond acceptors (Lipinski definition) is 5. The third kappa shape index (κ3) is 3.72. The van der Waals surface area contributed by atoms with Gasteiger partial charge in [-0.05, 0) is 60.5 Å². The predicted octanol–water partition coefficient (Wildman–Crippen LogP) is 3.12. The van der Waals surface area contributed by atoms with Crippen molar-refractivity contribution in [1.82, 2.24) is 15.1 Å². The van der Waals surface area contributed by atoms with E-state index in [2.05, 4.69) is 33.3 Å². The van der Waals surface area contributed by atoms with Crippen LogP contribution in [0.15, 0.2) is 48.5 Å². The second-order valence-electron chi connectivity index (χ2n) is 11.6. The maximum atomic E-state index is 13.7. The minimum atomic E-state index is -0.420. The van der Waals surface area contributed by atoms with Crippen LogP contribution < -0.4 is 15.1 Å². The molecule has 3 fully saturated rings. The van der Waals surface area contributed by atoms with E-state index in [0.717, 1.165) is 77.9 Å². The minimum absolute atomic E-state index is 0.0153. The number of amides is 3. The first-order valence-electron chi connectivity index (χ1n) is 13.8. The number of carbonyl (C=O) groups excluding carboxylic acids is 3. The van der Waals surface area contributed by atoms with E-state index in [0.29, 0.717) is 18.2 Å². The van der Waals surface area contributed by atoms with Crippen LogP contribution in [0.5, 0.6) is 0 Å². The lowest BCUT2D eigenvalue weighted by Gasteiger charge is -2.48. The van der Waals surface area contributed by atoms with Crippen molar-refractivity contribution in [2.24, 2.45) is 0 Å². The molecule has 8 nitrogen and oxygen atoms in total. The third-order valence-corrected chi connectivity index (χ3v) is 9.23. The van der Waals surface area contributed by atoms with Crippen LogP contribution in [-0.4, -0.2) is 80.4 Å². The molecular formula is C31H33N5O3. The summed E-state index contributed by atoms with van der Waals surface area (Å²) in [6.07, 6.45) is 1.75. The lowest BCUT2D eigenvalue weighted by Crippen LogP contribution is -2.64. The number of hydrogen-bond donors (Lipinski definition) is 1. The van der Waals surface area contributed by atoms with Gasteiger partial charge in [-0.1, -0.05) is 24.3 Å². The van der Waals surface area contributed by atoms with Gasteiger partial charge in [-0.3, -0.25) is 19.3 Å². The molecule has 200 valence electrons. The zero-order valence-corrected chi connectivity index (χ0v) is 22.7. The number of piperazine rings is 1. The highest BCUT2D eigenvalue weighted by atomic mass is 16.2. The van der Waals surface area contributed by atoms with Crippen molar-refractivity contribution >= 4 is 39.9 Å². The average molecular weight is 524 g/mol. The number of anilines is 2. The van der Waals surface area contributed by atoms with E-state index in [-0.39, 0.29) is 17.7 Å². The molecule has 0 atom stereocenters. The van der Waals surface area contributed by atoms with E-state index in [1.807, 2.05) is 51.4 Å². The fourth-order valence-corrected chi connectivity index (χ4v) is 6.46. The van der Waals surface area contributed by atoms with Crippen molar-refractivity contribution < 1.29 is 14.4 Å². The molecule has 0 unspecified atom stereocenters. The number of likely N-dealkylation sites (N-methyl/N-ethyl adjacent to an activating group) is 1. The van der Waals surface area contributed by atoms with Crippen LogP contribution in [0.4, 0.5) is 11.4 Å². The van der Waals surface area contributed by atoms with Gasteiger partial charge in [0, 0.05) is 68.5 Å². The van der Waals surface area contributed by atoms with Crippen molar-refractivity contribution in [3.63, 3.8) is 0 Å². The maximum Gasteiger partial charge on any atom is 0.258 e. The molecule has 3 aromatic rings. The van der Waals surface area contributed by atoms with Crippen LogP contribution in [0.2, 0.25) is 0 Å². The normalized spacial score (nSPS) is 20.5. The lowest BCUT2D eigenvalue weighted by atomic mass is 9.94. The Bertz CT molecular complexity index is 1560. The Kier molecular flexibility index (Phi) is 5.29. The van der Waals surface area contributed by atoms with Crippen LogP contribution in [0.1, 0.15) is 44.7 Å². The fraction of sp³-hybridized carbons (Fsp3) is 0.387. The monoisotopic (exact) mass is 523 g/mol. The summed E-state index contributed by atoms with van der Waals surface area (Å²) in [6.45, 7) is 5.87. The summed E-state index contributed by atoms with van der Waals surface area (Å²) in [4.78, 5) is 46.6. The Hall–Kier alpha value is -3.91. The second-order valence-corrected chi connectivity index (χ2v) is 11.6. The highest BCUT2D eigenvalue weighted by molar-refractivity contribution is 6.25. The molecule has 39 heavy (non-hydrogen) atoms. The first kappa shape index (κ1) is 24.2. The van der Waals surface area contributed by atoms with Crippen LogP contribution in [0.25, 0.3) is 10.8 Å². The minimum Gasteiger partial charge on any atom is -0.368 e. The van der Waals surface area contributed by atoms with Crippen LogP contribution >= 0.6 is 0 Å². The van der Waals surface area contributed by atoms with Crippen molar-refractivity contribution in [2.75, 3.05) is 56.6 Å². The molecule has 3 amide bonds. The van der Waals surface area contributed by atoms with E-state index in [9.17, 15) is 14.4 Å². The van der Waals surface area contributed by atoms with Crippen molar-refractivity contribution in [3.05, 3.63) is 70.8 Å². The second kappa shape index (κ2) is 8.55. The zero-order chi connectivity index (χ0) is 27.1. The van der Waals surface area contributed by atoms with Gasteiger partial charge in [0.2, 0.25) is 5.91 Å². The summed E-state index contributed by atoms with van der Waals surface area (Å²) in [5.74, 6) is 0.133. The standard InChI is InChI=1S/C31H33N5O3/c1-19-7-8-20(36-16-21(17-36)35-14-13-33(2)27(37)18-35)15-24(19)29(38)32-31(11-12-31)25-9-10-26-28-22(25)5-4-6-23(28)30(39)34(26)3/h4-10,15,21H,11-14,16-18H2,1-3H3,(H,32,38). The molecule has 2 saturated heterocycles. The molecule has 4 aliphatic rings. The largest absolute Gasteiger partial charge is 0.368 e. The molecular weight excluding hydrogens is 490 g/mol. The van der Waals surface area contributed by atoms with Gasteiger partial charge in [0.05, 0.1) is 17.8 Å². The third-order valence-electron chi connectivity index (χ3n) is 9.23. The van der Waals surface area contributed by atoms with E-state index >= 15 is 0 Å². The molecule has 1 saturated carbocycles. The first-order valence-corrected chi connectivity index (χ1v) is 13.8. The SMILES string of the molecule is Cc1ccc(N2CC(N3CCN(C)C(=O)C3)C2)cc1C(=O)NC1(c2ccc3c4c(cccc24)C(=O)N3C)CC1. The number of aryl methyl sites for hydroxylation is 1. The number of rotatable bonds is 5. The molecule has 3 heterocycles. The molecule has 3 aromatic carbocycles. The number of benzene rings is 3. The van der Waals surface area contributed by atoms with Crippen LogP contribution in [0, 0.1) is 6.92 Å². The molecule has 3 aliphatic heterocycles. The Balaban J connectivity index is 1.11. The number of nitrogens with one attached hydrogen (secondary N) is 1. The summed E-state index contributed by atoms with van der Waals surface area (Å²) in [6, 6.07) is 16.5. The molecule has 1 N–H and O–H groups in total. The number of carbonyl (C=O) groups is 3. The highest BCUT2D eigenvalue weighted by Gasteiger charge is 2.47. The van der Waals surface area contributed by atoms with Gasteiger partial charge >= 0.3 is 0 Å². The van der Waals surface area contributed by atoms with Crippen molar-refractivity contribution in [1.29, 1.82) is 0 Å². The summed E-state index contributed by atoms with van der Waals surface area (Å²) < 4.78 is 0. The first-order chi connectivity index (χ1) is 18.8. The Labute approximate surface area is 228 Å². The molecule has 0 spiro atoms. The van der Waals surface area contributed by atoms with Crippen molar-refractivity contribution in [3.8, 4) is 0 Å². The van der Waals surface area contributed by atoms with E-state index in [1.165, 1.54) is 0 Å². The maximum absolute atomic E-state index is 13.7. The smallest absolute Gasteiger partial charge is 0.258 e. The molecule has 0 radical (unpaired) electrons. The van der Waals surface area contributed by atoms with Gasteiger partial charge < -0.3 is 20.0 Å².